The standard InChI is InChI=1S/C18H13NO4/c1-11-6-16-17(23-10-22-16)8-14(11)7-15(9-19)12-2-4-13(5-3-12)18(20)21/h2-8H,10H2,1H3,(H,20,21)/b15-7-. The lowest BCUT2D eigenvalue weighted by molar-refractivity contribution is 0.0697. The molecule has 0 amide bonds. The van der Waals surface area contributed by atoms with E-state index in [0.29, 0.717) is 22.6 Å². The van der Waals surface area contributed by atoms with Gasteiger partial charge in [-0.3, -0.25) is 0 Å². The molecule has 5 heteroatoms. The lowest BCUT2D eigenvalue weighted by atomic mass is 10.00. The molecular formula is C18H13NO4. The van der Waals surface area contributed by atoms with E-state index in [-0.39, 0.29) is 12.4 Å². The van der Waals surface area contributed by atoms with Gasteiger partial charge < -0.3 is 14.6 Å². The van der Waals surface area contributed by atoms with Crippen LogP contribution in [-0.2, 0) is 0 Å². The highest BCUT2D eigenvalue weighted by Gasteiger charge is 2.15. The second kappa shape index (κ2) is 5.85. The van der Waals surface area contributed by atoms with Crippen LogP contribution in [0.15, 0.2) is 36.4 Å². The van der Waals surface area contributed by atoms with E-state index in [1.807, 2.05) is 19.1 Å². The lowest BCUT2D eigenvalue weighted by Gasteiger charge is -2.05. The molecule has 1 aliphatic rings. The van der Waals surface area contributed by atoms with Gasteiger partial charge in [-0.15, -0.1) is 0 Å². The summed E-state index contributed by atoms with van der Waals surface area (Å²) in [6.45, 7) is 2.13. The molecule has 0 saturated carbocycles. The second-order valence-electron chi connectivity index (χ2n) is 5.11. The molecule has 0 aliphatic carbocycles. The van der Waals surface area contributed by atoms with Crippen LogP contribution in [0.5, 0.6) is 11.5 Å². The van der Waals surface area contributed by atoms with E-state index >= 15 is 0 Å². The smallest absolute Gasteiger partial charge is 0.335 e. The van der Waals surface area contributed by atoms with Gasteiger partial charge in [-0.25, -0.2) is 4.79 Å². The van der Waals surface area contributed by atoms with E-state index in [0.717, 1.165) is 11.1 Å². The Morgan fingerprint density at radius 2 is 1.78 bits per heavy atom. The van der Waals surface area contributed by atoms with Crippen LogP contribution in [-0.4, -0.2) is 17.9 Å². The number of nitriles is 1. The summed E-state index contributed by atoms with van der Waals surface area (Å²) in [6, 6.07) is 12.1. The molecule has 0 unspecified atom stereocenters. The molecule has 0 fully saturated rings. The molecule has 5 nitrogen and oxygen atoms in total. The number of carboxylic acids is 1. The predicted octanol–water partition coefficient (Wildman–Crippen LogP) is 3.49. The van der Waals surface area contributed by atoms with E-state index < -0.39 is 5.97 Å². The van der Waals surface area contributed by atoms with E-state index in [2.05, 4.69) is 6.07 Å². The molecule has 0 bridgehead atoms. The normalized spacial score (nSPS) is 12.8. The molecule has 0 spiro atoms. The molecule has 1 N–H and O–H groups in total. The number of ether oxygens (including phenoxy) is 2. The summed E-state index contributed by atoms with van der Waals surface area (Å²) in [5.41, 5.74) is 3.11. The van der Waals surface area contributed by atoms with E-state index in [1.165, 1.54) is 12.1 Å². The summed E-state index contributed by atoms with van der Waals surface area (Å²) >= 11 is 0. The molecule has 0 aromatic heterocycles. The summed E-state index contributed by atoms with van der Waals surface area (Å²) in [4.78, 5) is 10.9. The van der Waals surface area contributed by atoms with Crippen LogP contribution in [0, 0.1) is 18.3 Å². The van der Waals surface area contributed by atoms with Crippen molar-refractivity contribution in [3.8, 4) is 17.6 Å². The minimum absolute atomic E-state index is 0.185. The van der Waals surface area contributed by atoms with Crippen molar-refractivity contribution in [2.24, 2.45) is 0 Å². The van der Waals surface area contributed by atoms with Gasteiger partial charge in [0.1, 0.15) is 0 Å². The molecule has 3 rings (SSSR count). The first-order valence-corrected chi connectivity index (χ1v) is 6.94. The molecule has 2 aromatic carbocycles. The summed E-state index contributed by atoms with van der Waals surface area (Å²) in [7, 11) is 0. The Kier molecular flexibility index (Phi) is 3.73. The van der Waals surface area contributed by atoms with E-state index in [1.54, 1.807) is 18.2 Å². The fraction of sp³-hybridized carbons (Fsp3) is 0.111. The van der Waals surface area contributed by atoms with Crippen molar-refractivity contribution in [2.45, 2.75) is 6.92 Å². The Bertz CT molecular complexity index is 845. The first-order valence-electron chi connectivity index (χ1n) is 6.94. The summed E-state index contributed by atoms with van der Waals surface area (Å²) in [5, 5.41) is 18.3. The third-order valence-corrected chi connectivity index (χ3v) is 3.62. The van der Waals surface area contributed by atoms with Crippen molar-refractivity contribution in [2.75, 3.05) is 6.79 Å². The Labute approximate surface area is 133 Å². The minimum Gasteiger partial charge on any atom is -0.478 e. The van der Waals surface area contributed by atoms with Crippen molar-refractivity contribution in [3.05, 3.63) is 58.7 Å². The molecule has 1 aliphatic heterocycles. The Morgan fingerprint density at radius 1 is 1.17 bits per heavy atom. The zero-order valence-electron chi connectivity index (χ0n) is 12.4. The number of allylic oxidation sites excluding steroid dienone is 1. The maximum absolute atomic E-state index is 10.9. The fourth-order valence-corrected chi connectivity index (χ4v) is 2.34. The number of hydrogen-bond acceptors (Lipinski definition) is 4. The van der Waals surface area contributed by atoms with Gasteiger partial charge >= 0.3 is 5.97 Å². The molecular weight excluding hydrogens is 294 g/mol. The highest BCUT2D eigenvalue weighted by atomic mass is 16.7. The molecule has 0 atom stereocenters. The zero-order valence-corrected chi connectivity index (χ0v) is 12.4. The predicted molar refractivity (Wildman–Crippen MR) is 84.2 cm³/mol. The molecule has 1 heterocycles. The average Bonchev–Trinajstić information content (AvgIpc) is 2.99. The Balaban J connectivity index is 1.99. The van der Waals surface area contributed by atoms with Crippen molar-refractivity contribution in [3.63, 3.8) is 0 Å². The number of nitrogens with zero attached hydrogens (tertiary/aromatic N) is 1. The Hall–Kier alpha value is -3.26. The maximum atomic E-state index is 10.9. The summed E-state index contributed by atoms with van der Waals surface area (Å²) in [6.07, 6.45) is 1.76. The number of aromatic carboxylic acids is 1. The van der Waals surface area contributed by atoms with Crippen molar-refractivity contribution in [1.29, 1.82) is 5.26 Å². The third kappa shape index (κ3) is 2.87. The zero-order chi connectivity index (χ0) is 16.4. The quantitative estimate of drug-likeness (QED) is 0.693. The SMILES string of the molecule is Cc1cc2c(cc1/C=C(/C#N)c1ccc(C(=O)O)cc1)OCO2. The van der Waals surface area contributed by atoms with Gasteiger partial charge in [0.2, 0.25) is 6.79 Å². The van der Waals surface area contributed by atoms with Crippen molar-refractivity contribution >= 4 is 17.6 Å². The van der Waals surface area contributed by atoms with Gasteiger partial charge in [0.25, 0.3) is 0 Å². The van der Waals surface area contributed by atoms with Crippen LogP contribution >= 0.6 is 0 Å². The van der Waals surface area contributed by atoms with Crippen LogP contribution in [0.25, 0.3) is 11.6 Å². The molecule has 23 heavy (non-hydrogen) atoms. The first-order chi connectivity index (χ1) is 11.1. The number of carbonyl (C=O) groups is 1. The summed E-state index contributed by atoms with van der Waals surface area (Å²) < 4.78 is 10.7. The van der Waals surface area contributed by atoms with Gasteiger partial charge in [0.05, 0.1) is 17.2 Å². The Morgan fingerprint density at radius 3 is 2.39 bits per heavy atom. The minimum atomic E-state index is -0.995. The van der Waals surface area contributed by atoms with Gasteiger partial charge in [0, 0.05) is 0 Å². The van der Waals surface area contributed by atoms with Crippen LogP contribution in [0.3, 0.4) is 0 Å². The summed E-state index contributed by atoms with van der Waals surface area (Å²) in [5.74, 6) is 0.356. The number of carboxylic acid groups (broad SMARTS) is 1. The van der Waals surface area contributed by atoms with Gasteiger partial charge in [-0.1, -0.05) is 12.1 Å². The van der Waals surface area contributed by atoms with Crippen LogP contribution < -0.4 is 9.47 Å². The molecule has 0 radical (unpaired) electrons. The largest absolute Gasteiger partial charge is 0.478 e. The number of benzene rings is 2. The highest BCUT2D eigenvalue weighted by Crippen LogP contribution is 2.35. The van der Waals surface area contributed by atoms with Crippen molar-refractivity contribution in [1.82, 2.24) is 0 Å². The van der Waals surface area contributed by atoms with E-state index in [9.17, 15) is 10.1 Å². The second-order valence-corrected chi connectivity index (χ2v) is 5.11. The lowest BCUT2D eigenvalue weighted by Crippen LogP contribution is -1.95. The van der Waals surface area contributed by atoms with Gasteiger partial charge in [-0.2, -0.15) is 5.26 Å². The number of rotatable bonds is 3. The topological polar surface area (TPSA) is 79.6 Å². The van der Waals surface area contributed by atoms with Crippen LogP contribution in [0.2, 0.25) is 0 Å². The first kappa shape index (κ1) is 14.7. The third-order valence-electron chi connectivity index (χ3n) is 3.62. The molecule has 0 saturated heterocycles. The fourth-order valence-electron chi connectivity index (χ4n) is 2.34. The van der Waals surface area contributed by atoms with Crippen LogP contribution in [0.4, 0.5) is 0 Å². The van der Waals surface area contributed by atoms with Gasteiger partial charge in [-0.05, 0) is 54.0 Å². The average molecular weight is 307 g/mol. The monoisotopic (exact) mass is 307 g/mol. The maximum Gasteiger partial charge on any atom is 0.335 e. The molecule has 2 aromatic rings. The highest BCUT2D eigenvalue weighted by molar-refractivity contribution is 5.92. The number of aryl methyl sites for hydroxylation is 1. The number of fused-ring (bicyclic) bond motifs is 1. The van der Waals surface area contributed by atoms with Crippen molar-refractivity contribution < 1.29 is 19.4 Å². The van der Waals surface area contributed by atoms with Crippen LogP contribution in [0.1, 0.15) is 27.0 Å². The van der Waals surface area contributed by atoms with E-state index in [4.69, 9.17) is 14.6 Å². The van der Waals surface area contributed by atoms with Gasteiger partial charge in [0.15, 0.2) is 11.5 Å². The molecule has 114 valence electrons. The number of hydrogen-bond donors (Lipinski definition) is 1.